The highest BCUT2D eigenvalue weighted by Gasteiger charge is 2.53. The molecule has 1 aromatic carbocycles. The molecule has 0 radical (unpaired) electrons. The van der Waals surface area contributed by atoms with Gasteiger partial charge in [0.2, 0.25) is 11.0 Å². The number of nitrogens with two attached hydrogens (primary N) is 1. The molecule has 1 aromatic heterocycles. The van der Waals surface area contributed by atoms with Crippen LogP contribution in [0.2, 0.25) is 0 Å². The van der Waals surface area contributed by atoms with Gasteiger partial charge in [-0.3, -0.25) is 19.9 Å². The quantitative estimate of drug-likeness (QED) is 0.727. The fraction of sp³-hybridized carbons (Fsp3) is 0.522. The maximum Gasteiger partial charge on any atom is 0.273 e. The van der Waals surface area contributed by atoms with Crippen LogP contribution in [0.1, 0.15) is 50.0 Å². The molecule has 166 valence electrons. The zero-order valence-corrected chi connectivity index (χ0v) is 18.6. The maximum absolute atomic E-state index is 12.9. The van der Waals surface area contributed by atoms with Gasteiger partial charge in [0.1, 0.15) is 16.8 Å². The van der Waals surface area contributed by atoms with E-state index in [1.54, 1.807) is 0 Å². The van der Waals surface area contributed by atoms with Crippen LogP contribution in [0.5, 0.6) is 0 Å². The lowest BCUT2D eigenvalue weighted by molar-refractivity contribution is -0.119. The summed E-state index contributed by atoms with van der Waals surface area (Å²) in [5.74, 6) is 1.60. The number of nitrogens with one attached hydrogen (secondary N) is 1. The van der Waals surface area contributed by atoms with Crippen molar-refractivity contribution in [3.8, 4) is 0 Å². The molecule has 4 fully saturated rings. The van der Waals surface area contributed by atoms with Crippen molar-refractivity contribution in [1.82, 2.24) is 10.2 Å². The number of benzene rings is 1. The summed E-state index contributed by atoms with van der Waals surface area (Å²) in [6.07, 6.45) is 7.92. The highest BCUT2D eigenvalue weighted by molar-refractivity contribution is 7.15. The van der Waals surface area contributed by atoms with E-state index in [0.717, 1.165) is 28.4 Å². The number of primary amides is 1. The smallest absolute Gasteiger partial charge is 0.273 e. The fourth-order valence-electron chi connectivity index (χ4n) is 6.72. The minimum absolute atomic E-state index is 0.154. The van der Waals surface area contributed by atoms with Crippen molar-refractivity contribution in [2.45, 2.75) is 56.4 Å². The van der Waals surface area contributed by atoms with E-state index in [0.29, 0.717) is 5.13 Å². The molecule has 2 heterocycles. The van der Waals surface area contributed by atoms with Gasteiger partial charge in [0.25, 0.3) is 5.91 Å². The predicted octanol–water partition coefficient (Wildman–Crippen LogP) is 3.06. The first kappa shape index (κ1) is 19.8. The van der Waals surface area contributed by atoms with Crippen molar-refractivity contribution in [1.29, 1.82) is 0 Å². The zero-order valence-electron chi connectivity index (χ0n) is 17.7. The lowest BCUT2D eigenvalue weighted by Gasteiger charge is -2.55. The third-order valence-corrected chi connectivity index (χ3v) is 8.74. The van der Waals surface area contributed by atoms with Crippen LogP contribution in [0, 0.1) is 17.8 Å². The van der Waals surface area contributed by atoms with E-state index >= 15 is 0 Å². The van der Waals surface area contributed by atoms with Crippen LogP contribution >= 0.6 is 11.3 Å². The molecule has 9 heteroatoms. The van der Waals surface area contributed by atoms with Gasteiger partial charge in [0.05, 0.1) is 5.69 Å². The molecule has 32 heavy (non-hydrogen) atoms. The number of nitrogens with zero attached hydrogens (tertiary/aromatic N) is 4. The minimum atomic E-state index is -0.685. The highest BCUT2D eigenvalue weighted by atomic mass is 32.1. The van der Waals surface area contributed by atoms with Crippen molar-refractivity contribution in [2.75, 3.05) is 10.3 Å². The molecule has 4 bridgehead atoms. The van der Waals surface area contributed by atoms with E-state index < -0.39 is 11.9 Å². The zero-order chi connectivity index (χ0) is 21.9. The summed E-state index contributed by atoms with van der Waals surface area (Å²) in [7, 11) is 0. The number of rotatable bonds is 5. The van der Waals surface area contributed by atoms with E-state index in [-0.39, 0.29) is 23.5 Å². The normalized spacial score (nSPS) is 32.8. The molecule has 5 aliphatic rings. The Morgan fingerprint density at radius 3 is 2.31 bits per heavy atom. The van der Waals surface area contributed by atoms with Gasteiger partial charge >= 0.3 is 0 Å². The average Bonchev–Trinajstić information content (AvgIpc) is 3.41. The Kier molecular flexibility index (Phi) is 4.57. The monoisotopic (exact) mass is 450 g/mol. The number of carbonyl (C=O) groups is 2. The second-order valence-corrected chi connectivity index (χ2v) is 10.9. The van der Waals surface area contributed by atoms with E-state index in [2.05, 4.69) is 20.6 Å². The van der Waals surface area contributed by atoms with E-state index in [9.17, 15) is 9.59 Å². The third-order valence-electron chi connectivity index (χ3n) is 7.66. The summed E-state index contributed by atoms with van der Waals surface area (Å²) in [5, 5.41) is 19.2. The molecule has 8 nitrogen and oxygen atoms in total. The van der Waals surface area contributed by atoms with E-state index in [4.69, 9.17) is 5.73 Å². The van der Waals surface area contributed by atoms with Crippen molar-refractivity contribution < 1.29 is 9.59 Å². The van der Waals surface area contributed by atoms with Crippen LogP contribution in [0.4, 0.5) is 10.8 Å². The van der Waals surface area contributed by atoms with E-state index in [1.807, 2.05) is 30.3 Å². The van der Waals surface area contributed by atoms with Gasteiger partial charge in [-0.15, -0.1) is 10.2 Å². The molecule has 0 saturated heterocycles. The SMILES string of the molecule is NC(=O)C1CC(C(=O)Nc2nnc(C34CC5CC(CC(C5)C3)C4)s2)=NN1c1ccccc1. The molecule has 2 amide bonds. The van der Waals surface area contributed by atoms with Crippen LogP contribution < -0.4 is 16.1 Å². The van der Waals surface area contributed by atoms with Crippen molar-refractivity contribution in [3.63, 3.8) is 0 Å². The number of hydrogen-bond donors (Lipinski definition) is 2. The first-order chi connectivity index (χ1) is 15.5. The summed E-state index contributed by atoms with van der Waals surface area (Å²) in [4.78, 5) is 24.9. The molecular formula is C23H26N6O2S. The summed E-state index contributed by atoms with van der Waals surface area (Å²) in [5.41, 5.74) is 6.73. The Morgan fingerprint density at radius 2 is 1.69 bits per heavy atom. The summed E-state index contributed by atoms with van der Waals surface area (Å²) < 4.78 is 0. The lowest BCUT2D eigenvalue weighted by atomic mass is 9.50. The largest absolute Gasteiger partial charge is 0.368 e. The van der Waals surface area contributed by atoms with Crippen molar-refractivity contribution >= 4 is 39.7 Å². The van der Waals surface area contributed by atoms with Crippen LogP contribution in [-0.2, 0) is 15.0 Å². The molecular weight excluding hydrogens is 424 g/mol. The number of carbonyl (C=O) groups excluding carboxylic acids is 2. The number of hydrogen-bond acceptors (Lipinski definition) is 7. The first-order valence-electron chi connectivity index (χ1n) is 11.4. The molecule has 1 atom stereocenters. The van der Waals surface area contributed by atoms with Crippen LogP contribution in [-0.4, -0.2) is 33.8 Å². The highest BCUT2D eigenvalue weighted by Crippen LogP contribution is 2.61. The van der Waals surface area contributed by atoms with Crippen LogP contribution in [0.3, 0.4) is 0 Å². The van der Waals surface area contributed by atoms with Crippen molar-refractivity contribution in [2.24, 2.45) is 28.6 Å². The summed E-state index contributed by atoms with van der Waals surface area (Å²) in [6.45, 7) is 0. The van der Waals surface area contributed by atoms with Gasteiger partial charge in [-0.1, -0.05) is 29.5 Å². The fourth-order valence-corrected chi connectivity index (χ4v) is 7.67. The number of para-hydroxylation sites is 1. The second kappa shape index (κ2) is 7.37. The van der Waals surface area contributed by atoms with Gasteiger partial charge in [0.15, 0.2) is 0 Å². The molecule has 2 aromatic rings. The molecule has 1 unspecified atom stereocenters. The molecule has 4 saturated carbocycles. The van der Waals surface area contributed by atoms with Crippen LogP contribution in [0.25, 0.3) is 0 Å². The lowest BCUT2D eigenvalue weighted by Crippen LogP contribution is -2.48. The van der Waals surface area contributed by atoms with E-state index in [1.165, 1.54) is 54.9 Å². The number of anilines is 2. The molecule has 3 N–H and O–H groups in total. The third kappa shape index (κ3) is 3.30. The minimum Gasteiger partial charge on any atom is -0.368 e. The molecule has 0 spiro atoms. The summed E-state index contributed by atoms with van der Waals surface area (Å²) in [6, 6.07) is 8.58. The first-order valence-corrected chi connectivity index (χ1v) is 12.2. The Balaban J connectivity index is 1.20. The molecule has 7 rings (SSSR count). The number of aromatic nitrogens is 2. The average molecular weight is 451 g/mol. The number of hydrazone groups is 1. The van der Waals surface area contributed by atoms with Gasteiger partial charge in [-0.2, -0.15) is 5.10 Å². The maximum atomic E-state index is 12.9. The number of amides is 2. The predicted molar refractivity (Wildman–Crippen MR) is 122 cm³/mol. The Bertz CT molecular complexity index is 1060. The van der Waals surface area contributed by atoms with Gasteiger partial charge < -0.3 is 5.73 Å². The Labute approximate surface area is 190 Å². The molecule has 1 aliphatic heterocycles. The Hall–Kier alpha value is -2.81. The van der Waals surface area contributed by atoms with Gasteiger partial charge in [-0.05, 0) is 68.4 Å². The van der Waals surface area contributed by atoms with Gasteiger partial charge in [0, 0.05) is 11.8 Å². The second-order valence-electron chi connectivity index (χ2n) is 9.91. The Morgan fingerprint density at radius 1 is 1.03 bits per heavy atom. The summed E-state index contributed by atoms with van der Waals surface area (Å²) >= 11 is 1.50. The van der Waals surface area contributed by atoms with Gasteiger partial charge in [-0.25, -0.2) is 0 Å². The van der Waals surface area contributed by atoms with Crippen LogP contribution in [0.15, 0.2) is 35.4 Å². The molecule has 4 aliphatic carbocycles. The topological polar surface area (TPSA) is 114 Å². The van der Waals surface area contributed by atoms with Crippen molar-refractivity contribution in [3.05, 3.63) is 35.3 Å². The standard InChI is InChI=1S/C23H26N6O2S/c24-19(30)18-9-17(28-29(18)16-4-2-1-3-5-16)20(31)25-22-27-26-21(32-22)23-10-13-6-14(11-23)8-15(7-13)12-23/h1-5,13-15,18H,6-12H2,(H2,24,30)(H,25,27,31).